The van der Waals surface area contributed by atoms with Gasteiger partial charge in [-0.2, -0.15) is 8.78 Å². The molecule has 1 atom stereocenters. The maximum atomic E-state index is 12.8. The van der Waals surface area contributed by atoms with E-state index in [1.165, 1.54) is 0 Å². The van der Waals surface area contributed by atoms with Crippen molar-refractivity contribution in [1.82, 2.24) is 0 Å². The molecule has 110 valence electrons. The van der Waals surface area contributed by atoms with Gasteiger partial charge in [0.2, 0.25) is 0 Å². The minimum Gasteiger partial charge on any atom is -0.463 e. The molecule has 0 aromatic carbocycles. The molecule has 0 amide bonds. The van der Waals surface area contributed by atoms with Crippen LogP contribution in [0.1, 0.15) is 32.6 Å². The number of rotatable bonds is 6. The van der Waals surface area contributed by atoms with E-state index < -0.39 is 49.3 Å². The number of hydrogen-bond donors (Lipinski definition) is 0. The molecule has 4 nitrogen and oxygen atoms in total. The van der Waals surface area contributed by atoms with Crippen molar-refractivity contribution in [2.75, 3.05) is 6.61 Å². The van der Waals surface area contributed by atoms with Crippen LogP contribution in [0.25, 0.3) is 0 Å². The molecule has 0 bridgehead atoms. The van der Waals surface area contributed by atoms with E-state index in [1.807, 2.05) is 0 Å². The number of carbonyl (C=O) groups excluding carboxylic acids is 2. The van der Waals surface area contributed by atoms with Gasteiger partial charge in [-0.05, 0) is 6.42 Å². The number of alkyl halides is 4. The molecule has 0 N–H and O–H groups in total. The average Bonchev–Trinajstić information content (AvgIpc) is 2.69. The summed E-state index contributed by atoms with van der Waals surface area (Å²) in [6.45, 7) is -0.282. The SMILES string of the molecule is CC(F)(F)C(F)(F)CCCOC(=O)C1CCC(=O)O1. The maximum Gasteiger partial charge on any atom is 0.347 e. The third kappa shape index (κ3) is 4.36. The van der Waals surface area contributed by atoms with Gasteiger partial charge >= 0.3 is 23.8 Å². The van der Waals surface area contributed by atoms with Crippen LogP contribution in [0.15, 0.2) is 0 Å². The monoisotopic (exact) mass is 286 g/mol. The topological polar surface area (TPSA) is 52.6 Å². The summed E-state index contributed by atoms with van der Waals surface area (Å²) in [5, 5.41) is 0. The normalized spacial score (nSPS) is 20.3. The van der Waals surface area contributed by atoms with Crippen molar-refractivity contribution in [2.24, 2.45) is 0 Å². The van der Waals surface area contributed by atoms with Crippen molar-refractivity contribution < 1.29 is 36.6 Å². The predicted octanol–water partition coefficient (Wildman–Crippen LogP) is 2.31. The second-order valence-electron chi connectivity index (χ2n) is 4.38. The lowest BCUT2D eigenvalue weighted by Crippen LogP contribution is -2.37. The number of halogens is 4. The molecule has 1 unspecified atom stereocenters. The van der Waals surface area contributed by atoms with Crippen LogP contribution in [0.4, 0.5) is 17.6 Å². The highest BCUT2D eigenvalue weighted by Gasteiger charge is 2.51. The third-order valence-corrected chi connectivity index (χ3v) is 2.67. The van der Waals surface area contributed by atoms with Crippen molar-refractivity contribution in [2.45, 2.75) is 50.6 Å². The summed E-state index contributed by atoms with van der Waals surface area (Å²) in [6, 6.07) is 0. The zero-order valence-electron chi connectivity index (χ0n) is 10.3. The number of cyclic esters (lactones) is 1. The summed E-state index contributed by atoms with van der Waals surface area (Å²) in [5.74, 6) is -9.62. The van der Waals surface area contributed by atoms with Gasteiger partial charge in [-0.1, -0.05) is 0 Å². The lowest BCUT2D eigenvalue weighted by atomic mass is 10.1. The summed E-state index contributed by atoms with van der Waals surface area (Å²) < 4.78 is 59.8. The van der Waals surface area contributed by atoms with Crippen LogP contribution >= 0.6 is 0 Å². The van der Waals surface area contributed by atoms with Gasteiger partial charge in [-0.15, -0.1) is 0 Å². The molecule has 1 fully saturated rings. The minimum absolute atomic E-state index is 0.0971. The first kappa shape index (κ1) is 15.7. The van der Waals surface area contributed by atoms with Crippen LogP contribution < -0.4 is 0 Å². The maximum absolute atomic E-state index is 12.8. The summed E-state index contributed by atoms with van der Waals surface area (Å²) in [5.41, 5.74) is 0. The van der Waals surface area contributed by atoms with Gasteiger partial charge in [0.1, 0.15) is 0 Å². The van der Waals surface area contributed by atoms with E-state index in [9.17, 15) is 27.2 Å². The second kappa shape index (κ2) is 5.75. The first-order chi connectivity index (χ1) is 8.63. The van der Waals surface area contributed by atoms with Gasteiger partial charge in [0.15, 0.2) is 6.10 Å². The van der Waals surface area contributed by atoms with Crippen molar-refractivity contribution in [3.8, 4) is 0 Å². The van der Waals surface area contributed by atoms with Gasteiger partial charge in [-0.3, -0.25) is 4.79 Å². The number of ether oxygens (including phenoxy) is 2. The Labute approximate surface area is 107 Å². The van der Waals surface area contributed by atoms with Crippen LogP contribution in [0.3, 0.4) is 0 Å². The third-order valence-electron chi connectivity index (χ3n) is 2.67. The average molecular weight is 286 g/mol. The lowest BCUT2D eigenvalue weighted by Gasteiger charge is -2.22. The lowest BCUT2D eigenvalue weighted by molar-refractivity contribution is -0.202. The van der Waals surface area contributed by atoms with Gasteiger partial charge < -0.3 is 9.47 Å². The molecule has 0 radical (unpaired) electrons. The molecule has 19 heavy (non-hydrogen) atoms. The molecule has 1 rings (SSSR count). The molecule has 1 saturated heterocycles. The Morgan fingerprint density at radius 3 is 2.53 bits per heavy atom. The van der Waals surface area contributed by atoms with Crippen LogP contribution in [-0.2, 0) is 19.1 Å². The molecular formula is C11H14F4O4. The molecule has 1 heterocycles. The van der Waals surface area contributed by atoms with Crippen LogP contribution in [0.5, 0.6) is 0 Å². The smallest absolute Gasteiger partial charge is 0.347 e. The highest BCUT2D eigenvalue weighted by atomic mass is 19.3. The second-order valence-corrected chi connectivity index (χ2v) is 4.38. The van der Waals surface area contributed by atoms with Gasteiger partial charge in [-0.25, -0.2) is 13.6 Å². The number of hydrogen-bond acceptors (Lipinski definition) is 4. The zero-order valence-corrected chi connectivity index (χ0v) is 10.3. The molecule has 0 saturated carbocycles. The summed E-state index contributed by atoms with van der Waals surface area (Å²) in [6.07, 6.45) is -2.22. The Kier molecular flexibility index (Phi) is 4.75. The van der Waals surface area contributed by atoms with Crippen molar-refractivity contribution in [1.29, 1.82) is 0 Å². The molecule has 8 heteroatoms. The van der Waals surface area contributed by atoms with E-state index in [0.717, 1.165) is 0 Å². The van der Waals surface area contributed by atoms with Crippen molar-refractivity contribution >= 4 is 11.9 Å². The van der Waals surface area contributed by atoms with Crippen molar-refractivity contribution in [3.05, 3.63) is 0 Å². The Morgan fingerprint density at radius 1 is 1.42 bits per heavy atom. The highest BCUT2D eigenvalue weighted by Crippen LogP contribution is 2.37. The molecular weight excluding hydrogens is 272 g/mol. The van der Waals surface area contributed by atoms with Crippen LogP contribution in [-0.4, -0.2) is 36.5 Å². The first-order valence-electron chi connectivity index (χ1n) is 5.75. The zero-order chi connectivity index (χ0) is 14.7. The van der Waals surface area contributed by atoms with Crippen molar-refractivity contribution in [3.63, 3.8) is 0 Å². The van der Waals surface area contributed by atoms with Crippen LogP contribution in [0.2, 0.25) is 0 Å². The van der Waals surface area contributed by atoms with E-state index in [-0.39, 0.29) is 19.8 Å². The fourth-order valence-corrected chi connectivity index (χ4v) is 1.47. The number of carbonyl (C=O) groups is 2. The van der Waals surface area contributed by atoms with E-state index in [1.54, 1.807) is 0 Å². The molecule has 0 spiro atoms. The quantitative estimate of drug-likeness (QED) is 0.427. The first-order valence-corrected chi connectivity index (χ1v) is 5.75. The van der Waals surface area contributed by atoms with E-state index in [2.05, 4.69) is 9.47 Å². The highest BCUT2D eigenvalue weighted by molar-refractivity contribution is 5.82. The van der Waals surface area contributed by atoms with Gasteiger partial charge in [0, 0.05) is 26.2 Å². The summed E-state index contributed by atoms with van der Waals surface area (Å²) in [4.78, 5) is 22.0. The predicted molar refractivity (Wildman–Crippen MR) is 54.9 cm³/mol. The fourth-order valence-electron chi connectivity index (χ4n) is 1.47. The summed E-state index contributed by atoms with van der Waals surface area (Å²) >= 11 is 0. The number of esters is 2. The fraction of sp³-hybridized carbons (Fsp3) is 0.818. The van der Waals surface area contributed by atoms with E-state index >= 15 is 0 Å². The minimum atomic E-state index is -4.14. The standard InChI is InChI=1S/C11H14F4O4/c1-10(12,13)11(14,15)5-2-6-18-9(17)7-3-4-8(16)19-7/h7H,2-6H2,1H3. The molecule has 0 aromatic rings. The van der Waals surface area contributed by atoms with Gasteiger partial charge in [0.05, 0.1) is 6.61 Å². The van der Waals surface area contributed by atoms with Crippen LogP contribution in [0, 0.1) is 0 Å². The molecule has 1 aliphatic rings. The Bertz CT molecular complexity index is 351. The van der Waals surface area contributed by atoms with E-state index in [4.69, 9.17) is 0 Å². The Hall–Kier alpha value is -1.34. The molecule has 0 aliphatic carbocycles. The van der Waals surface area contributed by atoms with E-state index in [0.29, 0.717) is 0 Å². The molecule has 0 aromatic heterocycles. The largest absolute Gasteiger partial charge is 0.463 e. The summed E-state index contributed by atoms with van der Waals surface area (Å²) in [7, 11) is 0. The Balaban J connectivity index is 2.24. The Morgan fingerprint density at radius 2 is 2.05 bits per heavy atom. The molecule has 1 aliphatic heterocycles. The van der Waals surface area contributed by atoms with Gasteiger partial charge in [0.25, 0.3) is 0 Å².